The second-order valence-electron chi connectivity index (χ2n) is 7.45. The summed E-state index contributed by atoms with van der Waals surface area (Å²) in [6.45, 7) is 0.428. The number of hydrogen-bond donors (Lipinski definition) is 2. The number of carboxylic acids is 1. The molecule has 184 valence electrons. The molecule has 4 aromatic rings. The second kappa shape index (κ2) is 11.8. The SMILES string of the molecule is COc1cc(OC)cc(-c2nc(S/C(=C\c3ccc(OCc4ccccc4)c(Br)c3)C(=O)O)n[nH]2)c1. The first-order chi connectivity index (χ1) is 17.4. The van der Waals surface area contributed by atoms with Crippen molar-refractivity contribution in [3.05, 3.63) is 87.2 Å². The Morgan fingerprint density at radius 2 is 1.78 bits per heavy atom. The Morgan fingerprint density at radius 3 is 2.42 bits per heavy atom. The number of benzene rings is 3. The van der Waals surface area contributed by atoms with Crippen molar-refractivity contribution in [1.82, 2.24) is 15.2 Å². The zero-order chi connectivity index (χ0) is 25.5. The number of carboxylic acid groups (broad SMARTS) is 1. The fraction of sp³-hybridized carbons (Fsp3) is 0.115. The molecular formula is C26H22BrN3O5S. The number of nitrogens with zero attached hydrogens (tertiary/aromatic N) is 2. The van der Waals surface area contributed by atoms with Crippen molar-refractivity contribution in [3.63, 3.8) is 0 Å². The van der Waals surface area contributed by atoms with Gasteiger partial charge in [-0.05, 0) is 69.2 Å². The highest BCUT2D eigenvalue weighted by atomic mass is 79.9. The van der Waals surface area contributed by atoms with E-state index in [2.05, 4.69) is 31.1 Å². The standard InChI is InChI=1S/C26H22BrN3O5S/c1-33-19-12-18(13-20(14-19)34-2)24-28-26(30-29-24)36-23(25(31)32)11-17-8-9-22(21(27)10-17)35-15-16-6-4-3-5-7-16/h3-14H,15H2,1-2H3,(H,31,32)(H,28,29,30)/b23-11-. The Kier molecular flexibility index (Phi) is 8.29. The van der Waals surface area contributed by atoms with E-state index in [1.54, 1.807) is 56.7 Å². The highest BCUT2D eigenvalue weighted by Crippen LogP contribution is 2.32. The first kappa shape index (κ1) is 25.3. The molecule has 0 aliphatic carbocycles. The molecule has 0 radical (unpaired) electrons. The molecule has 2 N–H and O–H groups in total. The van der Waals surface area contributed by atoms with Crippen LogP contribution in [0.25, 0.3) is 17.5 Å². The van der Waals surface area contributed by atoms with E-state index in [0.717, 1.165) is 17.3 Å². The van der Waals surface area contributed by atoms with Crippen LogP contribution in [0.2, 0.25) is 0 Å². The maximum atomic E-state index is 11.9. The predicted molar refractivity (Wildman–Crippen MR) is 141 cm³/mol. The Labute approximate surface area is 220 Å². The van der Waals surface area contributed by atoms with Gasteiger partial charge in [-0.15, -0.1) is 5.10 Å². The van der Waals surface area contributed by atoms with E-state index in [4.69, 9.17) is 14.2 Å². The molecule has 1 aromatic heterocycles. The number of rotatable bonds is 10. The van der Waals surface area contributed by atoms with Crippen LogP contribution in [0.5, 0.6) is 17.2 Å². The van der Waals surface area contributed by atoms with Crippen molar-refractivity contribution >= 4 is 39.7 Å². The average molecular weight is 568 g/mol. The summed E-state index contributed by atoms with van der Waals surface area (Å²) in [5, 5.41) is 17.0. The minimum Gasteiger partial charge on any atom is -0.497 e. The van der Waals surface area contributed by atoms with Crippen molar-refractivity contribution in [2.45, 2.75) is 11.8 Å². The molecule has 0 bridgehead atoms. The van der Waals surface area contributed by atoms with Crippen molar-refractivity contribution in [1.29, 1.82) is 0 Å². The third-order valence-corrected chi connectivity index (χ3v) is 6.49. The molecule has 1 heterocycles. The van der Waals surface area contributed by atoms with Gasteiger partial charge in [0.1, 0.15) is 28.8 Å². The van der Waals surface area contributed by atoms with Gasteiger partial charge in [-0.3, -0.25) is 5.10 Å². The van der Waals surface area contributed by atoms with Gasteiger partial charge < -0.3 is 19.3 Å². The molecule has 8 nitrogen and oxygen atoms in total. The van der Waals surface area contributed by atoms with Crippen molar-refractivity contribution in [2.24, 2.45) is 0 Å². The van der Waals surface area contributed by atoms with Crippen LogP contribution in [0, 0.1) is 0 Å². The summed E-state index contributed by atoms with van der Waals surface area (Å²) in [5.74, 6) is 1.23. The number of H-pyrrole nitrogens is 1. The Hall–Kier alpha value is -3.76. The molecule has 0 aliphatic heterocycles. The number of aliphatic carboxylic acids is 1. The number of hydrogen-bond acceptors (Lipinski definition) is 7. The van der Waals surface area contributed by atoms with E-state index >= 15 is 0 Å². The van der Waals surface area contributed by atoms with Crippen LogP contribution in [-0.4, -0.2) is 40.5 Å². The fourth-order valence-electron chi connectivity index (χ4n) is 3.21. The van der Waals surface area contributed by atoms with E-state index in [0.29, 0.717) is 45.3 Å². The number of methoxy groups -OCH3 is 2. The molecule has 0 fully saturated rings. The number of thioether (sulfide) groups is 1. The lowest BCUT2D eigenvalue weighted by Crippen LogP contribution is -1.98. The molecule has 0 aliphatic rings. The van der Waals surface area contributed by atoms with E-state index in [1.807, 2.05) is 30.3 Å². The summed E-state index contributed by atoms with van der Waals surface area (Å²) in [7, 11) is 3.12. The van der Waals surface area contributed by atoms with Gasteiger partial charge in [-0.2, -0.15) is 0 Å². The minimum atomic E-state index is -1.09. The van der Waals surface area contributed by atoms with Crippen LogP contribution >= 0.6 is 27.7 Å². The van der Waals surface area contributed by atoms with Gasteiger partial charge in [0, 0.05) is 11.6 Å². The third kappa shape index (κ3) is 6.46. The van der Waals surface area contributed by atoms with E-state index in [9.17, 15) is 9.90 Å². The van der Waals surface area contributed by atoms with Gasteiger partial charge >= 0.3 is 5.97 Å². The van der Waals surface area contributed by atoms with Crippen LogP contribution < -0.4 is 14.2 Å². The molecule has 0 spiro atoms. The molecule has 10 heteroatoms. The van der Waals surface area contributed by atoms with Crippen molar-refractivity contribution < 1.29 is 24.1 Å². The fourth-order valence-corrected chi connectivity index (χ4v) is 4.43. The first-order valence-corrected chi connectivity index (χ1v) is 12.3. The highest BCUT2D eigenvalue weighted by Gasteiger charge is 2.16. The van der Waals surface area contributed by atoms with Gasteiger partial charge in [0.15, 0.2) is 5.82 Å². The van der Waals surface area contributed by atoms with Gasteiger partial charge in [-0.25, -0.2) is 9.78 Å². The molecule has 0 amide bonds. The number of ether oxygens (including phenoxy) is 3. The zero-order valence-corrected chi connectivity index (χ0v) is 21.8. The van der Waals surface area contributed by atoms with E-state index in [-0.39, 0.29) is 10.1 Å². The summed E-state index contributed by atoms with van der Waals surface area (Å²) in [4.78, 5) is 16.4. The molecule has 36 heavy (non-hydrogen) atoms. The Balaban J connectivity index is 1.50. The van der Waals surface area contributed by atoms with Crippen molar-refractivity contribution in [3.8, 4) is 28.6 Å². The number of halogens is 1. The summed E-state index contributed by atoms with van der Waals surface area (Å²) in [6.07, 6.45) is 1.56. The zero-order valence-electron chi connectivity index (χ0n) is 19.4. The third-order valence-electron chi connectivity index (χ3n) is 4.99. The lowest BCUT2D eigenvalue weighted by Gasteiger charge is -2.09. The van der Waals surface area contributed by atoms with Crippen LogP contribution in [0.3, 0.4) is 0 Å². The van der Waals surface area contributed by atoms with Gasteiger partial charge in [-0.1, -0.05) is 36.4 Å². The van der Waals surface area contributed by atoms with Gasteiger partial charge in [0.2, 0.25) is 5.16 Å². The maximum Gasteiger partial charge on any atom is 0.342 e. The molecule has 4 rings (SSSR count). The topological polar surface area (TPSA) is 107 Å². The Bertz CT molecular complexity index is 1370. The average Bonchev–Trinajstić information content (AvgIpc) is 3.36. The Morgan fingerprint density at radius 1 is 1.06 bits per heavy atom. The minimum absolute atomic E-state index is 0.0635. The summed E-state index contributed by atoms with van der Waals surface area (Å²) in [5.41, 5.74) is 2.43. The molecule has 0 unspecified atom stereocenters. The molecule has 0 saturated heterocycles. The van der Waals surface area contributed by atoms with Gasteiger partial charge in [0.25, 0.3) is 0 Å². The number of carbonyl (C=O) groups is 1. The first-order valence-electron chi connectivity index (χ1n) is 10.7. The lowest BCUT2D eigenvalue weighted by molar-refractivity contribution is -0.131. The molecular weight excluding hydrogens is 546 g/mol. The monoisotopic (exact) mass is 567 g/mol. The largest absolute Gasteiger partial charge is 0.497 e. The number of aromatic nitrogens is 3. The smallest absolute Gasteiger partial charge is 0.342 e. The van der Waals surface area contributed by atoms with E-state index < -0.39 is 5.97 Å². The van der Waals surface area contributed by atoms with E-state index in [1.165, 1.54) is 0 Å². The van der Waals surface area contributed by atoms with Crippen molar-refractivity contribution in [2.75, 3.05) is 14.2 Å². The van der Waals surface area contributed by atoms with Gasteiger partial charge in [0.05, 0.1) is 18.7 Å². The summed E-state index contributed by atoms with van der Waals surface area (Å²) in [6, 6.07) is 20.5. The normalized spacial score (nSPS) is 11.2. The van der Waals surface area contributed by atoms with Crippen LogP contribution in [-0.2, 0) is 11.4 Å². The number of aromatic amines is 1. The summed E-state index contributed by atoms with van der Waals surface area (Å²) >= 11 is 4.45. The highest BCUT2D eigenvalue weighted by molar-refractivity contribution is 9.10. The maximum absolute atomic E-state index is 11.9. The quantitative estimate of drug-likeness (QED) is 0.176. The lowest BCUT2D eigenvalue weighted by atomic mass is 10.2. The second-order valence-corrected chi connectivity index (χ2v) is 9.31. The molecule has 3 aromatic carbocycles. The predicted octanol–water partition coefficient (Wildman–Crippen LogP) is 6.05. The molecule has 0 atom stereocenters. The van der Waals surface area contributed by atoms with Crippen LogP contribution in [0.4, 0.5) is 0 Å². The number of nitrogens with one attached hydrogen (secondary N) is 1. The van der Waals surface area contributed by atoms with Crippen LogP contribution in [0.15, 0.2) is 81.3 Å². The van der Waals surface area contributed by atoms with Crippen LogP contribution in [0.1, 0.15) is 11.1 Å². The molecule has 0 saturated carbocycles. The summed E-state index contributed by atoms with van der Waals surface area (Å²) < 4.78 is 17.2.